The molecule has 0 spiro atoms. The molecule has 41 heavy (non-hydrogen) atoms. The van der Waals surface area contributed by atoms with Crippen LogP contribution in [0, 0.1) is 5.92 Å². The summed E-state index contributed by atoms with van der Waals surface area (Å²) in [6, 6.07) is 25.8. The van der Waals surface area contributed by atoms with Crippen molar-refractivity contribution in [3.8, 4) is 0 Å². The van der Waals surface area contributed by atoms with Crippen LogP contribution in [0.2, 0.25) is 10.0 Å². The van der Waals surface area contributed by atoms with Crippen molar-refractivity contribution < 1.29 is 9.59 Å². The van der Waals surface area contributed by atoms with E-state index >= 15 is 0 Å². The van der Waals surface area contributed by atoms with Gasteiger partial charge in [-0.1, -0.05) is 89.9 Å². The van der Waals surface area contributed by atoms with Gasteiger partial charge in [0.1, 0.15) is 0 Å². The number of hydrogen-bond acceptors (Lipinski definition) is 3. The number of likely N-dealkylation sites (tertiary alicyclic amines) is 1. The second kappa shape index (κ2) is 12.0. The molecule has 0 aromatic heterocycles. The van der Waals surface area contributed by atoms with E-state index < -0.39 is 11.0 Å². The number of carbonyl (C=O) groups is 2. The number of urea groups is 1. The van der Waals surface area contributed by atoms with Crippen LogP contribution in [0.4, 0.5) is 4.79 Å². The molecule has 1 aliphatic carbocycles. The van der Waals surface area contributed by atoms with Crippen LogP contribution in [0.1, 0.15) is 36.0 Å². The lowest BCUT2D eigenvalue weighted by atomic mass is 9.80. The first-order valence-corrected chi connectivity index (χ1v) is 14.9. The molecular weight excluding hydrogens is 555 g/mol. The first-order chi connectivity index (χ1) is 19.6. The number of carbonyl (C=O) groups excluding carboxylic acids is 2. The van der Waals surface area contributed by atoms with Gasteiger partial charge in [0.25, 0.3) is 0 Å². The van der Waals surface area contributed by atoms with Crippen LogP contribution in [-0.4, -0.2) is 67.4 Å². The number of nitrogens with zero attached hydrogens (tertiary/aromatic N) is 3. The summed E-state index contributed by atoms with van der Waals surface area (Å²) < 4.78 is 0. The van der Waals surface area contributed by atoms with Crippen molar-refractivity contribution in [3.63, 3.8) is 0 Å². The monoisotopic (exact) mass is 592 g/mol. The molecule has 1 aliphatic heterocycles. The van der Waals surface area contributed by atoms with Crippen LogP contribution in [0.15, 0.2) is 78.9 Å². The highest BCUT2D eigenvalue weighted by molar-refractivity contribution is 6.42. The summed E-state index contributed by atoms with van der Waals surface area (Å²) in [5, 5.41) is 4.27. The van der Waals surface area contributed by atoms with Crippen molar-refractivity contribution in [1.29, 1.82) is 0 Å². The third-order valence-corrected chi connectivity index (χ3v) is 9.54. The van der Waals surface area contributed by atoms with E-state index in [9.17, 15) is 9.59 Å². The zero-order valence-electron chi connectivity index (χ0n) is 23.9. The minimum Gasteiger partial charge on any atom is -0.341 e. The van der Waals surface area contributed by atoms with Crippen LogP contribution in [-0.2, 0) is 22.3 Å². The van der Waals surface area contributed by atoms with E-state index in [0.717, 1.165) is 55.6 Å². The molecule has 5 rings (SSSR count). The molecule has 1 N–H and O–H groups in total. The molecule has 2 aliphatic rings. The number of amides is 3. The summed E-state index contributed by atoms with van der Waals surface area (Å²) in [5.41, 5.74) is 2.10. The summed E-state index contributed by atoms with van der Waals surface area (Å²) >= 11 is 12.7. The molecule has 0 radical (unpaired) electrons. The third-order valence-electron chi connectivity index (χ3n) is 8.80. The van der Waals surface area contributed by atoms with Crippen LogP contribution >= 0.6 is 23.2 Å². The summed E-state index contributed by atoms with van der Waals surface area (Å²) in [5.74, 6) is 0.268. The van der Waals surface area contributed by atoms with E-state index in [1.807, 2.05) is 72.6 Å². The standard InChI is InChI=1S/C33H38Cl2N4O2/c1-37(2)31(41)36-32(25-12-8-5-9-13-25)16-18-39(19-17-32)23-27-21-33(27,26-14-15-28(34)29(35)20-26)30(40)38(3)22-24-10-6-4-7-11-24/h4-15,20,27H,16-19,21-23H2,1-3H3,(H,36,41). The van der Waals surface area contributed by atoms with Gasteiger partial charge < -0.3 is 20.0 Å². The van der Waals surface area contributed by atoms with Crippen LogP contribution in [0.5, 0.6) is 0 Å². The quantitative estimate of drug-likeness (QED) is 0.340. The van der Waals surface area contributed by atoms with Crippen molar-refractivity contribution in [3.05, 3.63) is 106 Å². The van der Waals surface area contributed by atoms with Gasteiger partial charge in [-0.2, -0.15) is 0 Å². The minimum atomic E-state index is -0.634. The van der Waals surface area contributed by atoms with Crippen molar-refractivity contribution in [2.75, 3.05) is 40.8 Å². The van der Waals surface area contributed by atoms with E-state index in [1.54, 1.807) is 25.1 Å². The zero-order valence-corrected chi connectivity index (χ0v) is 25.5. The Labute approximate surface area is 253 Å². The Kier molecular flexibility index (Phi) is 8.65. The zero-order chi connectivity index (χ0) is 29.2. The fraction of sp³-hybridized carbons (Fsp3) is 0.394. The van der Waals surface area contributed by atoms with E-state index in [1.165, 1.54) is 0 Å². The van der Waals surface area contributed by atoms with Crippen LogP contribution in [0.25, 0.3) is 0 Å². The topological polar surface area (TPSA) is 55.9 Å². The van der Waals surface area contributed by atoms with Gasteiger partial charge in [-0.25, -0.2) is 4.79 Å². The molecule has 3 aromatic rings. The van der Waals surface area contributed by atoms with Gasteiger partial charge >= 0.3 is 6.03 Å². The van der Waals surface area contributed by atoms with Gasteiger partial charge in [0, 0.05) is 47.3 Å². The maximum absolute atomic E-state index is 14.1. The molecule has 3 aromatic carbocycles. The Bertz CT molecular complexity index is 1380. The summed E-state index contributed by atoms with van der Waals surface area (Å²) in [6.45, 7) is 3.00. The van der Waals surface area contributed by atoms with Crippen molar-refractivity contribution >= 4 is 35.1 Å². The number of piperidine rings is 1. The van der Waals surface area contributed by atoms with E-state index in [0.29, 0.717) is 16.6 Å². The number of benzene rings is 3. The van der Waals surface area contributed by atoms with Gasteiger partial charge in [-0.3, -0.25) is 4.79 Å². The smallest absolute Gasteiger partial charge is 0.317 e. The molecule has 216 valence electrons. The van der Waals surface area contributed by atoms with Crippen molar-refractivity contribution in [2.24, 2.45) is 5.92 Å². The minimum absolute atomic E-state index is 0.0878. The Morgan fingerprint density at radius 1 is 0.878 bits per heavy atom. The van der Waals surface area contributed by atoms with E-state index in [-0.39, 0.29) is 17.9 Å². The number of rotatable bonds is 8. The number of likely N-dealkylation sites (N-methyl/N-ethyl adjacent to an activating group) is 1. The second-order valence-electron chi connectivity index (χ2n) is 11.7. The fourth-order valence-corrected chi connectivity index (χ4v) is 6.62. The molecular formula is C33H38Cl2N4O2. The average molecular weight is 594 g/mol. The lowest BCUT2D eigenvalue weighted by Gasteiger charge is -2.43. The maximum Gasteiger partial charge on any atom is 0.317 e. The van der Waals surface area contributed by atoms with E-state index in [4.69, 9.17) is 23.2 Å². The SMILES string of the molecule is CN(C)C(=O)NC1(c2ccccc2)CCN(CC2CC2(C(=O)N(C)Cc2ccccc2)c2ccc(Cl)c(Cl)c2)CC1. The number of hydrogen-bond donors (Lipinski definition) is 1. The molecule has 2 atom stereocenters. The highest BCUT2D eigenvalue weighted by atomic mass is 35.5. The Morgan fingerprint density at radius 2 is 1.51 bits per heavy atom. The van der Waals surface area contributed by atoms with Gasteiger partial charge in [0.2, 0.25) is 5.91 Å². The molecule has 3 amide bonds. The Balaban J connectivity index is 1.34. The molecule has 2 fully saturated rings. The van der Waals surface area contributed by atoms with E-state index in [2.05, 4.69) is 22.3 Å². The second-order valence-corrected chi connectivity index (χ2v) is 12.5. The summed E-state index contributed by atoms with van der Waals surface area (Å²) in [4.78, 5) is 32.8. The van der Waals surface area contributed by atoms with Gasteiger partial charge in [0.05, 0.1) is 21.0 Å². The molecule has 0 bridgehead atoms. The molecule has 1 heterocycles. The number of nitrogens with one attached hydrogen (secondary N) is 1. The van der Waals surface area contributed by atoms with Gasteiger partial charge in [-0.15, -0.1) is 0 Å². The summed E-state index contributed by atoms with van der Waals surface area (Å²) in [7, 11) is 5.42. The van der Waals surface area contributed by atoms with Crippen LogP contribution in [0.3, 0.4) is 0 Å². The molecule has 1 saturated carbocycles. The molecule has 6 nitrogen and oxygen atoms in total. The Hall–Kier alpha value is -3.06. The molecule has 8 heteroatoms. The predicted molar refractivity (Wildman–Crippen MR) is 165 cm³/mol. The average Bonchev–Trinajstić information content (AvgIpc) is 3.70. The van der Waals surface area contributed by atoms with Crippen LogP contribution < -0.4 is 5.32 Å². The maximum atomic E-state index is 14.1. The molecule has 1 saturated heterocycles. The third kappa shape index (κ3) is 6.11. The number of halogens is 2. The van der Waals surface area contributed by atoms with Crippen molar-refractivity contribution in [1.82, 2.24) is 20.0 Å². The van der Waals surface area contributed by atoms with Gasteiger partial charge in [0.15, 0.2) is 0 Å². The summed E-state index contributed by atoms with van der Waals surface area (Å²) in [6.07, 6.45) is 2.36. The first-order valence-electron chi connectivity index (χ1n) is 14.2. The highest BCUT2D eigenvalue weighted by Gasteiger charge is 2.62. The predicted octanol–water partition coefficient (Wildman–Crippen LogP) is 6.17. The largest absolute Gasteiger partial charge is 0.341 e. The normalized spacial score (nSPS) is 21.6. The van der Waals surface area contributed by atoms with Gasteiger partial charge in [-0.05, 0) is 54.0 Å². The Morgan fingerprint density at radius 3 is 2.12 bits per heavy atom. The highest BCUT2D eigenvalue weighted by Crippen LogP contribution is 2.56. The fourth-order valence-electron chi connectivity index (χ4n) is 6.32. The van der Waals surface area contributed by atoms with Crippen molar-refractivity contribution in [2.45, 2.75) is 36.8 Å². The molecule has 2 unspecified atom stereocenters. The lowest BCUT2D eigenvalue weighted by molar-refractivity contribution is -0.133. The lowest BCUT2D eigenvalue weighted by Crippen LogP contribution is -2.55. The first kappa shape index (κ1) is 29.4.